The van der Waals surface area contributed by atoms with Crippen molar-refractivity contribution < 1.29 is 44.7 Å². The van der Waals surface area contributed by atoms with Gasteiger partial charge in [-0.3, -0.25) is 0 Å². The number of phenols is 1. The molecule has 0 unspecified atom stereocenters. The number of aromatic hydroxyl groups is 1. The minimum atomic E-state index is -4.38. The number of benzene rings is 1. The molecule has 21 heavy (non-hydrogen) atoms. The first kappa shape index (κ1) is 24.2. The summed E-state index contributed by atoms with van der Waals surface area (Å²) in [5, 5.41) is 8.68. The fourth-order valence-electron chi connectivity index (χ4n) is 1.00. The maximum atomic E-state index is 11.9. The molecule has 0 saturated carbocycles. The number of phenolic OH excluding ortho intramolecular Hbond substituents is 1. The molecule has 0 spiro atoms. The molecule has 0 fully saturated rings. The first-order valence-corrected chi connectivity index (χ1v) is 4.94. The minimum Gasteiger partial charge on any atom is -0.214 e. The summed E-state index contributed by atoms with van der Waals surface area (Å²) in [5.74, 6) is -0.375. The van der Waals surface area contributed by atoms with E-state index in [1.165, 1.54) is 6.07 Å². The molecule has 0 aromatic heterocycles. The third-order valence-corrected chi connectivity index (χ3v) is 1.73. The topological polar surface area (TPSA) is 60.0 Å². The van der Waals surface area contributed by atoms with Crippen LogP contribution in [0, 0.1) is 13.3 Å². The van der Waals surface area contributed by atoms with Gasteiger partial charge >= 0.3 is 28.8 Å². The second-order valence-corrected chi connectivity index (χ2v) is 3.01. The first-order chi connectivity index (χ1) is 9.50. The fraction of sp³-hybridized carbons (Fsp3) is 0.0714. The van der Waals surface area contributed by atoms with Gasteiger partial charge in [-0.25, -0.2) is 12.1 Å². The Balaban J connectivity index is -0.000000273. The van der Waals surface area contributed by atoms with E-state index in [4.69, 9.17) is 14.4 Å². The molecule has 2 rings (SSSR count). The second-order valence-electron chi connectivity index (χ2n) is 3.01. The summed E-state index contributed by atoms with van der Waals surface area (Å²) in [5.41, 5.74) is -0.836. The number of halogens is 3. The van der Waals surface area contributed by atoms with Gasteiger partial charge < -0.3 is 5.11 Å². The van der Waals surface area contributed by atoms with Gasteiger partial charge in [-0.05, 0) is 18.2 Å². The van der Waals surface area contributed by atoms with Crippen molar-refractivity contribution in [1.29, 1.82) is 0 Å². The number of hydrogen-bond donors (Lipinski definition) is 1. The van der Waals surface area contributed by atoms with Crippen LogP contribution in [0.3, 0.4) is 0 Å². The smallest absolute Gasteiger partial charge is 0 e. The summed E-state index contributed by atoms with van der Waals surface area (Å²) in [6.07, 6.45) is -4.38. The molecule has 0 bridgehead atoms. The standard InChI is InChI=1S/C7H5F3O.C5H5.2CO.Fe/c8-7(9,10)5-2-1-3-6(11)4-5;1-2-4-5-3-1;2*1-2;/h1-4,11H;1-5H;;;/q;-1;;;. The van der Waals surface area contributed by atoms with E-state index in [-0.39, 0.29) is 22.8 Å². The zero-order chi connectivity index (χ0) is 16.0. The third kappa shape index (κ3) is 12.9. The third-order valence-electron chi connectivity index (χ3n) is 1.73. The summed E-state index contributed by atoms with van der Waals surface area (Å²) in [6.45, 7) is 9.00. The SMILES string of the molecule is Oc1cccc(C(F)(F)F)c1.[C-]#[O+].[C-]#[O+].[Fe].c1cc[cH-]c1. The summed E-state index contributed by atoms with van der Waals surface area (Å²) >= 11 is 0. The molecule has 2 aromatic carbocycles. The largest absolute Gasteiger partial charge is 0.214 e. The molecule has 114 valence electrons. The van der Waals surface area contributed by atoms with Crippen molar-refractivity contribution in [3.8, 4) is 5.75 Å². The monoisotopic (exact) mass is 339 g/mol. The summed E-state index contributed by atoms with van der Waals surface area (Å²) < 4.78 is 50.6. The molecule has 0 amide bonds. The van der Waals surface area contributed by atoms with Crippen LogP contribution in [0.2, 0.25) is 0 Å². The Morgan fingerprint density at radius 2 is 1.43 bits per heavy atom. The Labute approximate surface area is 130 Å². The van der Waals surface area contributed by atoms with Gasteiger partial charge in [0, 0.05) is 17.1 Å². The average Bonchev–Trinajstić information content (AvgIpc) is 3.02. The van der Waals surface area contributed by atoms with E-state index < -0.39 is 11.7 Å². The molecule has 0 aliphatic rings. The molecule has 0 atom stereocenters. The van der Waals surface area contributed by atoms with Crippen LogP contribution in [0.5, 0.6) is 5.75 Å². The number of rotatable bonds is 0. The van der Waals surface area contributed by atoms with Gasteiger partial charge in [0.1, 0.15) is 5.75 Å². The number of hydrogen-bond acceptors (Lipinski definition) is 1. The zero-order valence-electron chi connectivity index (χ0n) is 10.4. The van der Waals surface area contributed by atoms with Crippen molar-refractivity contribution in [3.05, 3.63) is 73.5 Å². The Morgan fingerprint density at radius 3 is 1.67 bits per heavy atom. The van der Waals surface area contributed by atoms with Gasteiger partial charge in [0.2, 0.25) is 0 Å². The average molecular weight is 339 g/mol. The Morgan fingerprint density at radius 1 is 0.952 bits per heavy atom. The molecular weight excluding hydrogens is 329 g/mol. The van der Waals surface area contributed by atoms with Crippen LogP contribution in [-0.2, 0) is 32.5 Å². The molecule has 0 aliphatic heterocycles. The van der Waals surface area contributed by atoms with Gasteiger partial charge in [0.15, 0.2) is 0 Å². The summed E-state index contributed by atoms with van der Waals surface area (Å²) in [6, 6.07) is 13.9. The predicted octanol–water partition coefficient (Wildman–Crippen LogP) is 3.74. The Bertz CT molecular complexity index is 468. The van der Waals surface area contributed by atoms with Crippen molar-refractivity contribution in [2.45, 2.75) is 6.18 Å². The molecule has 0 heterocycles. The first-order valence-electron chi connectivity index (χ1n) is 4.94. The maximum Gasteiger partial charge on any atom is 0 e. The van der Waals surface area contributed by atoms with Gasteiger partial charge in [0.05, 0.1) is 5.56 Å². The predicted molar refractivity (Wildman–Crippen MR) is 63.0 cm³/mol. The van der Waals surface area contributed by atoms with Crippen molar-refractivity contribution in [2.75, 3.05) is 0 Å². The molecule has 0 aliphatic carbocycles. The van der Waals surface area contributed by atoms with Crippen LogP contribution in [0.15, 0.2) is 54.6 Å². The van der Waals surface area contributed by atoms with Crippen molar-refractivity contribution >= 4 is 0 Å². The maximum absolute atomic E-state index is 11.9. The molecule has 1 N–H and O–H groups in total. The molecule has 7 heteroatoms. The van der Waals surface area contributed by atoms with Crippen molar-refractivity contribution in [1.82, 2.24) is 0 Å². The molecule has 3 nitrogen and oxygen atoms in total. The van der Waals surface area contributed by atoms with E-state index in [9.17, 15) is 13.2 Å². The normalized spacial score (nSPS) is 8.14. The summed E-state index contributed by atoms with van der Waals surface area (Å²) in [4.78, 5) is 0. The zero-order valence-corrected chi connectivity index (χ0v) is 11.6. The van der Waals surface area contributed by atoms with Crippen molar-refractivity contribution in [2.24, 2.45) is 0 Å². The van der Waals surface area contributed by atoms with Crippen LogP contribution in [0.25, 0.3) is 0 Å². The number of alkyl halides is 3. The Hall–Kier alpha value is -1.84. The molecular formula is C14H10F3FeO3-. The van der Waals surface area contributed by atoms with Crippen LogP contribution >= 0.6 is 0 Å². The fourth-order valence-corrected chi connectivity index (χ4v) is 1.00. The quantitative estimate of drug-likeness (QED) is 0.444. The molecule has 0 saturated heterocycles. The van der Waals surface area contributed by atoms with Crippen LogP contribution < -0.4 is 0 Å². The van der Waals surface area contributed by atoms with E-state index in [0.717, 1.165) is 12.1 Å². The van der Waals surface area contributed by atoms with E-state index in [2.05, 4.69) is 13.3 Å². The second kappa shape index (κ2) is 14.6. The van der Waals surface area contributed by atoms with Gasteiger partial charge in [-0.15, -0.1) is 0 Å². The van der Waals surface area contributed by atoms with E-state index in [1.54, 1.807) is 0 Å². The van der Waals surface area contributed by atoms with Crippen LogP contribution in [-0.4, -0.2) is 5.11 Å². The molecule has 2 aromatic rings. The molecule has 0 radical (unpaired) electrons. The Kier molecular flexibility index (Phi) is 16.8. The van der Waals surface area contributed by atoms with Crippen LogP contribution in [0.1, 0.15) is 5.56 Å². The van der Waals surface area contributed by atoms with Gasteiger partial charge in [0.25, 0.3) is 0 Å². The summed E-state index contributed by atoms with van der Waals surface area (Å²) in [7, 11) is 0. The van der Waals surface area contributed by atoms with E-state index in [1.807, 2.05) is 30.3 Å². The minimum absolute atomic E-state index is 0. The van der Waals surface area contributed by atoms with Crippen molar-refractivity contribution in [3.63, 3.8) is 0 Å². The van der Waals surface area contributed by atoms with E-state index >= 15 is 0 Å². The van der Waals surface area contributed by atoms with E-state index in [0.29, 0.717) is 6.07 Å². The van der Waals surface area contributed by atoms with Gasteiger partial charge in [-0.1, -0.05) is 6.07 Å². The van der Waals surface area contributed by atoms with Gasteiger partial charge in [-0.2, -0.15) is 31.4 Å². The van der Waals surface area contributed by atoms with Crippen LogP contribution in [0.4, 0.5) is 13.2 Å².